The van der Waals surface area contributed by atoms with Gasteiger partial charge < -0.3 is 9.88 Å². The van der Waals surface area contributed by atoms with E-state index < -0.39 is 0 Å². The lowest BCUT2D eigenvalue weighted by atomic mass is 10.3. The number of hydrogen-bond acceptors (Lipinski definition) is 2. The van der Waals surface area contributed by atoms with Crippen molar-refractivity contribution in [2.45, 2.75) is 6.54 Å². The van der Waals surface area contributed by atoms with Crippen LogP contribution in [0.5, 0.6) is 0 Å². The Morgan fingerprint density at radius 1 is 1.33 bits per heavy atom. The maximum atomic E-state index is 11.1. The van der Waals surface area contributed by atoms with Crippen molar-refractivity contribution in [1.29, 1.82) is 0 Å². The first-order valence-corrected chi connectivity index (χ1v) is 4.76. The van der Waals surface area contributed by atoms with E-state index in [0.717, 1.165) is 16.9 Å². The number of nitrogens with zero attached hydrogens (tertiary/aromatic N) is 2. The van der Waals surface area contributed by atoms with E-state index in [4.69, 9.17) is 0 Å². The number of nitrogens with one attached hydrogen (secondary N) is 1. The summed E-state index contributed by atoms with van der Waals surface area (Å²) in [7, 11) is 0. The van der Waals surface area contributed by atoms with E-state index in [9.17, 15) is 4.79 Å². The van der Waals surface area contributed by atoms with Crippen molar-refractivity contribution in [3.63, 3.8) is 0 Å². The van der Waals surface area contributed by atoms with Gasteiger partial charge in [0.05, 0.1) is 17.6 Å². The summed E-state index contributed by atoms with van der Waals surface area (Å²) in [6.07, 6.45) is 3.28. The molecule has 2 heterocycles. The Morgan fingerprint density at radius 2 is 2.20 bits per heavy atom. The van der Waals surface area contributed by atoms with E-state index in [2.05, 4.69) is 10.3 Å². The number of aromatic nitrogens is 2. The van der Waals surface area contributed by atoms with Gasteiger partial charge in [-0.3, -0.25) is 4.79 Å². The third kappa shape index (κ3) is 1.22. The van der Waals surface area contributed by atoms with Gasteiger partial charge >= 0.3 is 0 Å². The number of rotatable bonds is 0. The van der Waals surface area contributed by atoms with Crippen molar-refractivity contribution < 1.29 is 4.79 Å². The van der Waals surface area contributed by atoms with Gasteiger partial charge in [-0.05, 0) is 12.1 Å². The van der Waals surface area contributed by atoms with E-state index in [0.29, 0.717) is 6.54 Å². The highest BCUT2D eigenvalue weighted by molar-refractivity contribution is 5.92. The summed E-state index contributed by atoms with van der Waals surface area (Å²) in [5, 5.41) is 2.75. The molecule has 15 heavy (non-hydrogen) atoms. The molecule has 74 valence electrons. The van der Waals surface area contributed by atoms with Crippen molar-refractivity contribution in [1.82, 2.24) is 14.9 Å². The van der Waals surface area contributed by atoms with Crippen LogP contribution in [-0.4, -0.2) is 15.5 Å². The second-order valence-corrected chi connectivity index (χ2v) is 3.42. The minimum atomic E-state index is -0.0791. The van der Waals surface area contributed by atoms with Crippen LogP contribution in [0.15, 0.2) is 30.3 Å². The SMILES string of the molecule is O=C1C=Cn2c(nc3ccccc32)CN1. The van der Waals surface area contributed by atoms with Crippen LogP contribution >= 0.6 is 0 Å². The van der Waals surface area contributed by atoms with Crippen LogP contribution in [0.4, 0.5) is 0 Å². The molecule has 0 saturated carbocycles. The fourth-order valence-electron chi connectivity index (χ4n) is 1.75. The lowest BCUT2D eigenvalue weighted by molar-refractivity contribution is -0.116. The highest BCUT2D eigenvalue weighted by atomic mass is 16.1. The van der Waals surface area contributed by atoms with Gasteiger partial charge in [0.25, 0.3) is 0 Å². The Labute approximate surface area is 86.2 Å². The summed E-state index contributed by atoms with van der Waals surface area (Å²) in [4.78, 5) is 15.6. The number of carbonyl (C=O) groups is 1. The monoisotopic (exact) mass is 199 g/mol. The molecular weight excluding hydrogens is 190 g/mol. The standard InChI is InChI=1S/C11H9N3O/c15-11-5-6-14-9-4-2-1-3-8(9)13-10(14)7-12-11/h1-6H,7H2,(H,12,15). The first-order chi connectivity index (χ1) is 7.34. The average molecular weight is 199 g/mol. The topological polar surface area (TPSA) is 46.9 Å². The van der Waals surface area contributed by atoms with Crippen molar-refractivity contribution >= 4 is 23.1 Å². The minimum Gasteiger partial charge on any atom is -0.345 e. The van der Waals surface area contributed by atoms with Gasteiger partial charge in [0.15, 0.2) is 0 Å². The van der Waals surface area contributed by atoms with Crippen molar-refractivity contribution in [3.8, 4) is 0 Å². The summed E-state index contributed by atoms with van der Waals surface area (Å²) in [6.45, 7) is 0.473. The van der Waals surface area contributed by atoms with Gasteiger partial charge in [-0.1, -0.05) is 12.1 Å². The zero-order valence-electron chi connectivity index (χ0n) is 7.97. The molecule has 0 aliphatic carbocycles. The first-order valence-electron chi connectivity index (χ1n) is 4.76. The van der Waals surface area contributed by atoms with Crippen LogP contribution in [0.3, 0.4) is 0 Å². The third-order valence-electron chi connectivity index (χ3n) is 2.46. The molecule has 1 N–H and O–H groups in total. The number of fused-ring (bicyclic) bond motifs is 3. The van der Waals surface area contributed by atoms with Crippen LogP contribution < -0.4 is 5.32 Å². The van der Waals surface area contributed by atoms with E-state index in [-0.39, 0.29) is 5.91 Å². The zero-order valence-corrected chi connectivity index (χ0v) is 7.97. The molecule has 2 aromatic rings. The molecule has 1 aromatic heterocycles. The first kappa shape index (κ1) is 8.23. The van der Waals surface area contributed by atoms with Gasteiger partial charge in [0.1, 0.15) is 5.82 Å². The minimum absolute atomic E-state index is 0.0791. The Balaban J connectivity index is 2.30. The Morgan fingerprint density at radius 3 is 3.13 bits per heavy atom. The Kier molecular flexibility index (Phi) is 1.62. The number of imidazole rings is 1. The fraction of sp³-hybridized carbons (Fsp3) is 0.0909. The van der Waals surface area contributed by atoms with Gasteiger partial charge in [0, 0.05) is 12.3 Å². The van der Waals surface area contributed by atoms with Crippen molar-refractivity contribution in [2.75, 3.05) is 0 Å². The smallest absolute Gasteiger partial charge is 0.245 e. The molecule has 0 saturated heterocycles. The number of amides is 1. The molecule has 0 bridgehead atoms. The van der Waals surface area contributed by atoms with E-state index in [1.54, 1.807) is 6.20 Å². The predicted octanol–water partition coefficient (Wildman–Crippen LogP) is 1.14. The largest absolute Gasteiger partial charge is 0.345 e. The van der Waals surface area contributed by atoms with E-state index in [1.165, 1.54) is 6.08 Å². The molecule has 0 fully saturated rings. The van der Waals surface area contributed by atoms with Crippen molar-refractivity contribution in [2.24, 2.45) is 0 Å². The van der Waals surface area contributed by atoms with Crippen LogP contribution in [-0.2, 0) is 11.3 Å². The van der Waals surface area contributed by atoms with Gasteiger partial charge in [-0.2, -0.15) is 0 Å². The van der Waals surface area contributed by atoms with Gasteiger partial charge in [-0.25, -0.2) is 4.98 Å². The summed E-state index contributed by atoms with van der Waals surface area (Å²) in [5.74, 6) is 0.780. The molecule has 1 aromatic carbocycles. The number of hydrogen-bond donors (Lipinski definition) is 1. The van der Waals surface area contributed by atoms with Crippen LogP contribution in [0.25, 0.3) is 17.2 Å². The number of carbonyl (C=O) groups excluding carboxylic acids is 1. The molecule has 4 heteroatoms. The average Bonchev–Trinajstić information content (AvgIpc) is 2.51. The predicted molar refractivity (Wildman–Crippen MR) is 56.9 cm³/mol. The summed E-state index contributed by atoms with van der Waals surface area (Å²) in [6, 6.07) is 7.88. The Bertz CT molecular complexity index is 568. The molecule has 0 atom stereocenters. The lowest BCUT2D eigenvalue weighted by Gasteiger charge is -1.98. The van der Waals surface area contributed by atoms with E-state index >= 15 is 0 Å². The number of benzene rings is 1. The lowest BCUT2D eigenvalue weighted by Crippen LogP contribution is -2.19. The molecule has 0 unspecified atom stereocenters. The highest BCUT2D eigenvalue weighted by Crippen LogP contribution is 2.17. The van der Waals surface area contributed by atoms with Crippen LogP contribution in [0.1, 0.15) is 5.82 Å². The number of para-hydroxylation sites is 2. The second kappa shape index (κ2) is 2.95. The van der Waals surface area contributed by atoms with E-state index in [1.807, 2.05) is 28.8 Å². The maximum Gasteiger partial charge on any atom is 0.245 e. The highest BCUT2D eigenvalue weighted by Gasteiger charge is 2.11. The normalized spacial score (nSPS) is 14.8. The summed E-state index contributed by atoms with van der Waals surface area (Å²) >= 11 is 0. The third-order valence-corrected chi connectivity index (χ3v) is 2.46. The van der Waals surface area contributed by atoms with Gasteiger partial charge in [-0.15, -0.1) is 0 Å². The molecule has 0 radical (unpaired) electrons. The zero-order chi connectivity index (χ0) is 10.3. The molecule has 0 spiro atoms. The molecule has 1 aliphatic heterocycles. The summed E-state index contributed by atoms with van der Waals surface area (Å²) < 4.78 is 1.94. The Hall–Kier alpha value is -2.10. The summed E-state index contributed by atoms with van der Waals surface area (Å²) in [5.41, 5.74) is 1.98. The van der Waals surface area contributed by atoms with Crippen LogP contribution in [0.2, 0.25) is 0 Å². The maximum absolute atomic E-state index is 11.1. The molecule has 3 rings (SSSR count). The van der Waals surface area contributed by atoms with Crippen molar-refractivity contribution in [3.05, 3.63) is 36.2 Å². The van der Waals surface area contributed by atoms with Crippen LogP contribution in [0, 0.1) is 0 Å². The molecule has 1 aliphatic rings. The molecule has 1 amide bonds. The quantitative estimate of drug-likeness (QED) is 0.691. The second-order valence-electron chi connectivity index (χ2n) is 3.42. The molecular formula is C11H9N3O. The van der Waals surface area contributed by atoms with Gasteiger partial charge in [0.2, 0.25) is 5.91 Å². The molecule has 4 nitrogen and oxygen atoms in total. The fourth-order valence-corrected chi connectivity index (χ4v) is 1.75.